The van der Waals surface area contributed by atoms with Crippen LogP contribution in [0, 0.1) is 0 Å². The Kier molecular flexibility index (Phi) is 6.72. The fraction of sp³-hybridized carbons (Fsp3) is 0.130. The molecule has 6 nitrogen and oxygen atoms in total. The number of rotatable bonds is 4. The molecule has 0 radical (unpaired) electrons. The first-order valence-electron chi connectivity index (χ1n) is 9.17. The molecule has 0 amide bonds. The molecule has 1 unspecified atom stereocenters. The summed E-state index contributed by atoms with van der Waals surface area (Å²) >= 11 is 5.92. The Balaban J connectivity index is 0.000000187. The number of hydrogen-bond acceptors (Lipinski definition) is 4. The number of carbonyl (C=O) groups is 2. The summed E-state index contributed by atoms with van der Waals surface area (Å²) in [6, 6.07) is 19.3. The molecule has 1 atom stereocenters. The third-order valence-electron chi connectivity index (χ3n) is 4.60. The summed E-state index contributed by atoms with van der Waals surface area (Å²) in [6.45, 7) is 0. The predicted molar refractivity (Wildman–Crippen MR) is 114 cm³/mol. The molecule has 0 fully saturated rings. The summed E-state index contributed by atoms with van der Waals surface area (Å²) in [7, 11) is 1.92. The van der Waals surface area contributed by atoms with E-state index in [9.17, 15) is 9.59 Å². The molecule has 154 valence electrons. The van der Waals surface area contributed by atoms with Gasteiger partial charge in [-0.25, -0.2) is 9.59 Å². The van der Waals surface area contributed by atoms with Crippen molar-refractivity contribution >= 4 is 23.5 Å². The first kappa shape index (κ1) is 21.4. The van der Waals surface area contributed by atoms with Gasteiger partial charge in [0.05, 0.1) is 11.1 Å². The number of nitrogens with one attached hydrogen (secondary N) is 1. The van der Waals surface area contributed by atoms with Crippen LogP contribution in [0.25, 0.3) is 11.1 Å². The molecule has 0 spiro atoms. The lowest BCUT2D eigenvalue weighted by Crippen LogP contribution is -2.29. The van der Waals surface area contributed by atoms with Crippen molar-refractivity contribution in [3.8, 4) is 16.9 Å². The summed E-state index contributed by atoms with van der Waals surface area (Å²) in [5.74, 6) is -1.27. The van der Waals surface area contributed by atoms with Crippen LogP contribution in [-0.4, -0.2) is 35.4 Å². The highest BCUT2D eigenvalue weighted by Crippen LogP contribution is 2.38. The van der Waals surface area contributed by atoms with Gasteiger partial charge in [-0.05, 0) is 48.5 Å². The van der Waals surface area contributed by atoms with Crippen molar-refractivity contribution in [2.45, 2.75) is 12.6 Å². The van der Waals surface area contributed by atoms with Gasteiger partial charge < -0.3 is 14.9 Å². The summed E-state index contributed by atoms with van der Waals surface area (Å²) in [5.41, 5.74) is 3.47. The van der Waals surface area contributed by atoms with Gasteiger partial charge in [0, 0.05) is 17.0 Å². The number of fused-ring (bicyclic) bond motifs is 1. The maximum Gasteiger partial charge on any atom is 0.335 e. The molecule has 7 heteroatoms. The van der Waals surface area contributed by atoms with E-state index in [1.54, 1.807) is 0 Å². The fourth-order valence-electron chi connectivity index (χ4n) is 3.07. The normalized spacial score (nSPS) is 14.1. The zero-order valence-corrected chi connectivity index (χ0v) is 16.9. The average molecular weight is 426 g/mol. The lowest BCUT2D eigenvalue weighted by atomic mass is 10.0. The van der Waals surface area contributed by atoms with Crippen molar-refractivity contribution in [3.05, 3.63) is 88.4 Å². The standard InChI is InChI=1S/C15H14ClNO.C8H6O4/c1-17-14-9-11-3-2-4-13(15(11)18-14)10-5-7-12(16)8-6-10;9-7(10)5-2-1-3-6(4-5)8(11)12/h2-8,14,17H,9H2,1H3;1-4H,(H,9,10)(H,11,12). The number of aromatic carboxylic acids is 2. The maximum atomic E-state index is 10.4. The van der Waals surface area contributed by atoms with Crippen LogP contribution in [0.2, 0.25) is 5.02 Å². The van der Waals surface area contributed by atoms with Gasteiger partial charge in [0.25, 0.3) is 0 Å². The molecule has 1 aliphatic heterocycles. The van der Waals surface area contributed by atoms with E-state index < -0.39 is 11.9 Å². The molecular weight excluding hydrogens is 406 g/mol. The van der Waals surface area contributed by atoms with E-state index in [0.717, 1.165) is 34.4 Å². The number of halogens is 1. The number of likely N-dealkylation sites (N-methyl/N-ethyl adjacent to an activating group) is 1. The highest BCUT2D eigenvalue weighted by molar-refractivity contribution is 6.30. The van der Waals surface area contributed by atoms with E-state index in [1.807, 2.05) is 31.3 Å². The summed E-state index contributed by atoms with van der Waals surface area (Å²) in [5, 5.41) is 20.9. The molecule has 3 N–H and O–H groups in total. The minimum atomic E-state index is -1.13. The smallest absolute Gasteiger partial charge is 0.335 e. The van der Waals surface area contributed by atoms with Crippen LogP contribution < -0.4 is 10.1 Å². The molecule has 1 heterocycles. The fourth-order valence-corrected chi connectivity index (χ4v) is 3.20. The molecule has 0 saturated heterocycles. The van der Waals surface area contributed by atoms with Crippen LogP contribution in [0.15, 0.2) is 66.7 Å². The van der Waals surface area contributed by atoms with E-state index in [4.69, 9.17) is 26.6 Å². The largest absolute Gasteiger partial charge is 0.478 e. The third-order valence-corrected chi connectivity index (χ3v) is 4.85. The Hall–Kier alpha value is -3.35. The van der Waals surface area contributed by atoms with Crippen LogP contribution in [0.1, 0.15) is 26.3 Å². The van der Waals surface area contributed by atoms with Gasteiger partial charge in [0.2, 0.25) is 0 Å². The van der Waals surface area contributed by atoms with E-state index in [2.05, 4.69) is 23.5 Å². The van der Waals surface area contributed by atoms with Crippen molar-refractivity contribution in [2.75, 3.05) is 7.05 Å². The lowest BCUT2D eigenvalue weighted by Gasteiger charge is -2.11. The molecule has 0 saturated carbocycles. The van der Waals surface area contributed by atoms with E-state index in [1.165, 1.54) is 23.8 Å². The van der Waals surface area contributed by atoms with Gasteiger partial charge in [-0.1, -0.05) is 48.0 Å². The second-order valence-electron chi connectivity index (χ2n) is 6.59. The van der Waals surface area contributed by atoms with Crippen LogP contribution >= 0.6 is 11.6 Å². The molecule has 1 aliphatic rings. The number of carboxylic acids is 2. The van der Waals surface area contributed by atoms with Crippen molar-refractivity contribution in [3.63, 3.8) is 0 Å². The minimum absolute atomic E-state index is 0.0186. The zero-order chi connectivity index (χ0) is 21.7. The van der Waals surface area contributed by atoms with Gasteiger partial charge in [0.1, 0.15) is 5.75 Å². The number of ether oxygens (including phenoxy) is 1. The average Bonchev–Trinajstić information content (AvgIpc) is 3.18. The van der Waals surface area contributed by atoms with E-state index >= 15 is 0 Å². The molecular formula is C23H20ClNO5. The van der Waals surface area contributed by atoms with E-state index in [-0.39, 0.29) is 17.4 Å². The van der Waals surface area contributed by atoms with Crippen molar-refractivity contribution < 1.29 is 24.5 Å². The minimum Gasteiger partial charge on any atom is -0.478 e. The first-order chi connectivity index (χ1) is 14.4. The Morgan fingerprint density at radius 3 is 2.13 bits per heavy atom. The topological polar surface area (TPSA) is 95.9 Å². The molecule has 3 aromatic rings. The van der Waals surface area contributed by atoms with Crippen molar-refractivity contribution in [1.29, 1.82) is 0 Å². The van der Waals surface area contributed by atoms with Crippen molar-refractivity contribution in [1.82, 2.24) is 5.32 Å². The van der Waals surface area contributed by atoms with Gasteiger partial charge in [-0.15, -0.1) is 0 Å². The first-order valence-corrected chi connectivity index (χ1v) is 9.55. The Morgan fingerprint density at radius 1 is 0.967 bits per heavy atom. The second kappa shape index (κ2) is 9.43. The summed E-state index contributed by atoms with van der Waals surface area (Å²) in [4.78, 5) is 20.8. The van der Waals surface area contributed by atoms with Crippen LogP contribution in [0.4, 0.5) is 0 Å². The van der Waals surface area contributed by atoms with Gasteiger partial charge in [0.15, 0.2) is 6.23 Å². The quantitative estimate of drug-likeness (QED) is 0.566. The number of benzene rings is 3. The van der Waals surface area contributed by atoms with Crippen LogP contribution in [-0.2, 0) is 6.42 Å². The molecule has 3 aromatic carbocycles. The van der Waals surface area contributed by atoms with Crippen molar-refractivity contribution in [2.24, 2.45) is 0 Å². The molecule has 0 aliphatic carbocycles. The Labute approximate surface area is 178 Å². The van der Waals surface area contributed by atoms with Crippen LogP contribution in [0.3, 0.4) is 0 Å². The Bertz CT molecular complexity index is 1040. The number of para-hydroxylation sites is 1. The SMILES string of the molecule is CNC1Cc2cccc(-c3ccc(Cl)cc3)c2O1.O=C(O)c1cccc(C(=O)O)c1. The number of hydrogen-bond donors (Lipinski definition) is 3. The van der Waals surface area contributed by atoms with Gasteiger partial charge in [-0.3, -0.25) is 5.32 Å². The predicted octanol–water partition coefficient (Wildman–Crippen LogP) is 4.57. The maximum absolute atomic E-state index is 10.4. The Morgan fingerprint density at radius 2 is 1.57 bits per heavy atom. The van der Waals surface area contributed by atoms with E-state index in [0.29, 0.717) is 0 Å². The van der Waals surface area contributed by atoms with Gasteiger partial charge >= 0.3 is 11.9 Å². The highest BCUT2D eigenvalue weighted by Gasteiger charge is 2.24. The molecule has 4 rings (SSSR count). The highest BCUT2D eigenvalue weighted by atomic mass is 35.5. The lowest BCUT2D eigenvalue weighted by molar-refractivity contribution is 0.0696. The molecule has 30 heavy (non-hydrogen) atoms. The molecule has 0 aromatic heterocycles. The molecule has 0 bridgehead atoms. The zero-order valence-electron chi connectivity index (χ0n) is 16.1. The summed E-state index contributed by atoms with van der Waals surface area (Å²) in [6.07, 6.45) is 0.987. The van der Waals surface area contributed by atoms with Crippen LogP contribution in [0.5, 0.6) is 5.75 Å². The third kappa shape index (κ3) is 4.97. The summed E-state index contributed by atoms with van der Waals surface area (Å²) < 4.78 is 5.93. The second-order valence-corrected chi connectivity index (χ2v) is 7.03. The number of carboxylic acid groups (broad SMARTS) is 2. The monoisotopic (exact) mass is 425 g/mol. The van der Waals surface area contributed by atoms with Gasteiger partial charge in [-0.2, -0.15) is 0 Å².